The highest BCUT2D eigenvalue weighted by molar-refractivity contribution is 5.17. The molecule has 0 saturated carbocycles. The van der Waals surface area contributed by atoms with Gasteiger partial charge in [0.05, 0.1) is 26.2 Å². The highest BCUT2D eigenvalue weighted by atomic mass is 15.3. The standard InChI is InChI=1S/C40H46N10/c1-5-13-33(14-6-1)25-47-21-22-48(26-34-15-7-2-8-16-34)30-39-42-40(46-45-39)32-50(28-36-19-11-4-12-20-36)24-23-49(27-35-17-9-3-10-18-35)31-38-41-37(29-47)43-44-38/h1-20H,21-32H2,(H,41,43,44)(H,42,45,46). The molecule has 0 amide bonds. The number of hydrogen-bond donors (Lipinski definition) is 2. The Labute approximate surface area is 294 Å². The molecule has 6 aromatic rings. The van der Waals surface area contributed by atoms with Crippen molar-refractivity contribution in [3.63, 3.8) is 0 Å². The van der Waals surface area contributed by atoms with Gasteiger partial charge in [0.25, 0.3) is 0 Å². The maximum Gasteiger partial charge on any atom is 0.164 e. The van der Waals surface area contributed by atoms with Gasteiger partial charge in [-0.25, -0.2) is 9.97 Å². The largest absolute Gasteiger partial charge is 0.290 e. The molecular weight excluding hydrogens is 621 g/mol. The van der Waals surface area contributed by atoms with Crippen molar-refractivity contribution in [1.82, 2.24) is 50.0 Å². The molecular formula is C40H46N10. The second-order valence-electron chi connectivity index (χ2n) is 13.2. The average molecular weight is 667 g/mol. The van der Waals surface area contributed by atoms with Crippen LogP contribution in [0.2, 0.25) is 0 Å². The molecule has 0 spiro atoms. The van der Waals surface area contributed by atoms with Crippen LogP contribution in [0.5, 0.6) is 0 Å². The Kier molecular flexibility index (Phi) is 11.4. The average Bonchev–Trinajstić information content (AvgIpc) is 3.79. The zero-order chi connectivity index (χ0) is 33.8. The lowest BCUT2D eigenvalue weighted by Gasteiger charge is -2.27. The Morgan fingerprint density at radius 1 is 0.380 bits per heavy atom. The van der Waals surface area contributed by atoms with Gasteiger partial charge >= 0.3 is 0 Å². The summed E-state index contributed by atoms with van der Waals surface area (Å²) in [5.74, 6) is 3.40. The van der Waals surface area contributed by atoms with Crippen LogP contribution in [0.15, 0.2) is 121 Å². The molecule has 0 saturated heterocycles. The number of aromatic amines is 2. The van der Waals surface area contributed by atoms with Crippen molar-refractivity contribution in [2.24, 2.45) is 0 Å². The van der Waals surface area contributed by atoms with Crippen LogP contribution in [0.25, 0.3) is 0 Å². The van der Waals surface area contributed by atoms with Crippen molar-refractivity contribution >= 4 is 0 Å². The minimum Gasteiger partial charge on any atom is -0.290 e. The second-order valence-corrected chi connectivity index (χ2v) is 13.2. The van der Waals surface area contributed by atoms with Crippen molar-refractivity contribution in [3.8, 4) is 0 Å². The maximum atomic E-state index is 5.04. The lowest BCUT2D eigenvalue weighted by atomic mass is 10.2. The zero-order valence-electron chi connectivity index (χ0n) is 28.6. The molecule has 1 aliphatic heterocycles. The van der Waals surface area contributed by atoms with Gasteiger partial charge in [-0.15, -0.1) is 0 Å². The number of H-pyrrole nitrogens is 2. The first-order valence-corrected chi connectivity index (χ1v) is 17.6. The van der Waals surface area contributed by atoms with Gasteiger partial charge in [0, 0.05) is 52.4 Å². The van der Waals surface area contributed by atoms with E-state index in [1.165, 1.54) is 22.3 Å². The third-order valence-corrected chi connectivity index (χ3v) is 9.09. The van der Waals surface area contributed by atoms with E-state index in [0.717, 1.165) is 75.7 Å². The van der Waals surface area contributed by atoms with Crippen molar-refractivity contribution in [2.45, 2.75) is 52.4 Å². The summed E-state index contributed by atoms with van der Waals surface area (Å²) in [5.41, 5.74) is 5.09. The van der Waals surface area contributed by atoms with E-state index in [-0.39, 0.29) is 0 Å². The Morgan fingerprint density at radius 2 is 0.660 bits per heavy atom. The van der Waals surface area contributed by atoms with Crippen LogP contribution < -0.4 is 0 Å². The molecule has 7 rings (SSSR count). The lowest BCUT2D eigenvalue weighted by molar-refractivity contribution is 0.174. The van der Waals surface area contributed by atoms with Gasteiger partial charge in [0.15, 0.2) is 11.6 Å². The van der Waals surface area contributed by atoms with Crippen LogP contribution in [0.4, 0.5) is 0 Å². The monoisotopic (exact) mass is 666 g/mol. The Balaban J connectivity index is 1.18. The molecule has 0 unspecified atom stereocenters. The molecule has 256 valence electrons. The SMILES string of the molecule is c1ccc(CN2CCN(Cc3ccccc3)Cc3nc(n[nH]3)CN(Cc3ccccc3)CCN(Cc3ccccc3)Cc3nc(n[nH]3)C2)cc1. The van der Waals surface area contributed by atoms with Gasteiger partial charge in [0.2, 0.25) is 0 Å². The summed E-state index contributed by atoms with van der Waals surface area (Å²) in [5, 5.41) is 16.0. The van der Waals surface area contributed by atoms with Crippen LogP contribution in [0, 0.1) is 0 Å². The number of benzene rings is 4. The van der Waals surface area contributed by atoms with Crippen molar-refractivity contribution < 1.29 is 0 Å². The molecule has 0 radical (unpaired) electrons. The maximum absolute atomic E-state index is 5.04. The number of nitrogens with one attached hydrogen (secondary N) is 2. The highest BCUT2D eigenvalue weighted by Crippen LogP contribution is 2.15. The zero-order valence-corrected chi connectivity index (χ0v) is 28.6. The fourth-order valence-corrected chi connectivity index (χ4v) is 6.56. The molecule has 4 bridgehead atoms. The molecule has 50 heavy (non-hydrogen) atoms. The summed E-state index contributed by atoms with van der Waals surface area (Å²) in [4.78, 5) is 19.9. The lowest BCUT2D eigenvalue weighted by Crippen LogP contribution is -2.35. The summed E-state index contributed by atoms with van der Waals surface area (Å²) in [6, 6.07) is 42.6. The second kappa shape index (κ2) is 17.1. The summed E-state index contributed by atoms with van der Waals surface area (Å²) in [6.07, 6.45) is 0. The van der Waals surface area contributed by atoms with Crippen LogP contribution >= 0.6 is 0 Å². The summed E-state index contributed by atoms with van der Waals surface area (Å²) in [6.45, 7) is 9.30. The fraction of sp³-hybridized carbons (Fsp3) is 0.300. The van der Waals surface area contributed by atoms with Crippen LogP contribution in [-0.4, -0.2) is 76.1 Å². The Bertz CT molecular complexity index is 1570. The summed E-state index contributed by atoms with van der Waals surface area (Å²) >= 11 is 0. The fourth-order valence-electron chi connectivity index (χ4n) is 6.56. The minimum absolute atomic E-state index is 0.653. The molecule has 2 aromatic heterocycles. The van der Waals surface area contributed by atoms with Gasteiger partial charge < -0.3 is 0 Å². The number of fused-ring (bicyclic) bond motifs is 4. The van der Waals surface area contributed by atoms with Crippen molar-refractivity contribution in [2.75, 3.05) is 26.2 Å². The molecule has 10 nitrogen and oxygen atoms in total. The van der Waals surface area contributed by atoms with Gasteiger partial charge in [-0.2, -0.15) is 10.2 Å². The van der Waals surface area contributed by atoms with E-state index >= 15 is 0 Å². The molecule has 0 aliphatic carbocycles. The topological polar surface area (TPSA) is 96.1 Å². The molecule has 0 atom stereocenters. The van der Waals surface area contributed by atoms with Crippen molar-refractivity contribution in [1.29, 1.82) is 0 Å². The normalized spacial score (nSPS) is 16.2. The van der Waals surface area contributed by atoms with Gasteiger partial charge in [-0.1, -0.05) is 121 Å². The first-order chi connectivity index (χ1) is 24.7. The first kappa shape index (κ1) is 33.5. The van der Waals surface area contributed by atoms with Gasteiger partial charge in [0.1, 0.15) is 11.6 Å². The Hall–Kier alpha value is -5.00. The molecule has 0 fully saturated rings. The first-order valence-electron chi connectivity index (χ1n) is 17.6. The van der Waals surface area contributed by atoms with Crippen LogP contribution in [0.1, 0.15) is 45.6 Å². The molecule has 3 heterocycles. The quantitative estimate of drug-likeness (QED) is 0.216. The number of hydrogen-bond acceptors (Lipinski definition) is 8. The predicted molar refractivity (Wildman–Crippen MR) is 195 cm³/mol. The summed E-state index contributed by atoms with van der Waals surface area (Å²) < 4.78 is 0. The number of aromatic nitrogens is 6. The summed E-state index contributed by atoms with van der Waals surface area (Å²) in [7, 11) is 0. The third-order valence-electron chi connectivity index (χ3n) is 9.09. The molecule has 1 aliphatic rings. The van der Waals surface area contributed by atoms with E-state index < -0.39 is 0 Å². The van der Waals surface area contributed by atoms with E-state index in [0.29, 0.717) is 26.2 Å². The number of nitrogens with zero attached hydrogens (tertiary/aromatic N) is 8. The van der Waals surface area contributed by atoms with Crippen LogP contribution in [-0.2, 0) is 52.4 Å². The van der Waals surface area contributed by atoms with Gasteiger partial charge in [-0.3, -0.25) is 29.8 Å². The highest BCUT2D eigenvalue weighted by Gasteiger charge is 2.19. The van der Waals surface area contributed by atoms with Gasteiger partial charge in [-0.05, 0) is 22.3 Å². The minimum atomic E-state index is 0.653. The smallest absolute Gasteiger partial charge is 0.164 e. The van der Waals surface area contributed by atoms with E-state index in [9.17, 15) is 0 Å². The van der Waals surface area contributed by atoms with E-state index in [2.05, 4.69) is 151 Å². The van der Waals surface area contributed by atoms with E-state index in [1.54, 1.807) is 0 Å². The molecule has 4 aromatic carbocycles. The third kappa shape index (κ3) is 10.0. The Morgan fingerprint density at radius 3 is 0.960 bits per heavy atom. The number of rotatable bonds is 8. The predicted octanol–water partition coefficient (Wildman–Crippen LogP) is 5.65. The molecule has 2 N–H and O–H groups in total. The van der Waals surface area contributed by atoms with E-state index in [1.807, 2.05) is 0 Å². The van der Waals surface area contributed by atoms with E-state index in [4.69, 9.17) is 20.2 Å². The van der Waals surface area contributed by atoms with Crippen molar-refractivity contribution in [3.05, 3.63) is 167 Å². The molecule has 10 heteroatoms. The van der Waals surface area contributed by atoms with Crippen LogP contribution in [0.3, 0.4) is 0 Å².